The quantitative estimate of drug-likeness (QED) is 0.180. The van der Waals surface area contributed by atoms with Gasteiger partial charge in [-0.05, 0) is 64.0 Å². The molecule has 3 aromatic heterocycles. The van der Waals surface area contributed by atoms with Crippen LogP contribution in [0.2, 0.25) is 0 Å². The first kappa shape index (κ1) is 30.3. The molecular formula is C49H29N3O2. The van der Waals surface area contributed by atoms with Crippen molar-refractivity contribution in [3.8, 4) is 56.4 Å². The second-order valence-corrected chi connectivity index (χ2v) is 13.6. The van der Waals surface area contributed by atoms with E-state index in [9.17, 15) is 0 Å². The van der Waals surface area contributed by atoms with E-state index in [0.717, 1.165) is 82.5 Å². The largest absolute Gasteiger partial charge is 0.456 e. The fourth-order valence-electron chi connectivity index (χ4n) is 7.66. The van der Waals surface area contributed by atoms with E-state index in [2.05, 4.69) is 115 Å². The van der Waals surface area contributed by atoms with E-state index in [1.54, 1.807) is 0 Å². The van der Waals surface area contributed by atoms with Crippen molar-refractivity contribution in [2.24, 2.45) is 0 Å². The predicted octanol–water partition coefficient (Wildman–Crippen LogP) is 13.2. The summed E-state index contributed by atoms with van der Waals surface area (Å²) in [5.41, 5.74) is 10.5. The standard InChI is InChI=1S/C49H29N3O2/c1-3-11-30(12-4-1)31-19-21-32(22-20-31)34-23-26-40-44(28-34)54-46-37-16-8-7-15-35(37)27-41(45(40)46)49-51-47(33-13-5-2-6-14-33)50-48(52-49)36-24-25-39-38-17-9-10-18-42(38)53-43(39)29-36/h1-29H. The summed E-state index contributed by atoms with van der Waals surface area (Å²) in [6.45, 7) is 0. The zero-order valence-electron chi connectivity index (χ0n) is 28.9. The minimum Gasteiger partial charge on any atom is -0.456 e. The highest BCUT2D eigenvalue weighted by Gasteiger charge is 2.21. The van der Waals surface area contributed by atoms with Crippen molar-refractivity contribution < 1.29 is 8.83 Å². The lowest BCUT2D eigenvalue weighted by Crippen LogP contribution is -2.00. The second-order valence-electron chi connectivity index (χ2n) is 13.6. The Kier molecular flexibility index (Phi) is 6.79. The fourth-order valence-corrected chi connectivity index (χ4v) is 7.66. The van der Waals surface area contributed by atoms with Crippen LogP contribution in [0.25, 0.3) is 111 Å². The van der Waals surface area contributed by atoms with Gasteiger partial charge in [-0.15, -0.1) is 0 Å². The predicted molar refractivity (Wildman–Crippen MR) is 219 cm³/mol. The van der Waals surface area contributed by atoms with Crippen molar-refractivity contribution in [2.75, 3.05) is 0 Å². The van der Waals surface area contributed by atoms with Crippen molar-refractivity contribution in [2.45, 2.75) is 0 Å². The van der Waals surface area contributed by atoms with Crippen molar-refractivity contribution in [1.29, 1.82) is 0 Å². The summed E-state index contributed by atoms with van der Waals surface area (Å²) in [4.78, 5) is 15.4. The van der Waals surface area contributed by atoms with Gasteiger partial charge in [0.15, 0.2) is 17.5 Å². The number of hydrogen-bond donors (Lipinski definition) is 0. The highest BCUT2D eigenvalue weighted by Crippen LogP contribution is 2.42. The molecule has 0 atom stereocenters. The van der Waals surface area contributed by atoms with Crippen LogP contribution in [0.5, 0.6) is 0 Å². The molecule has 8 aromatic carbocycles. The van der Waals surface area contributed by atoms with E-state index in [4.69, 9.17) is 23.8 Å². The number of fused-ring (bicyclic) bond motifs is 8. The first-order valence-corrected chi connectivity index (χ1v) is 18.0. The van der Waals surface area contributed by atoms with E-state index < -0.39 is 0 Å². The molecule has 0 unspecified atom stereocenters. The van der Waals surface area contributed by atoms with Crippen LogP contribution < -0.4 is 0 Å². The molecule has 0 radical (unpaired) electrons. The summed E-state index contributed by atoms with van der Waals surface area (Å²) >= 11 is 0. The molecule has 0 saturated carbocycles. The first-order chi connectivity index (χ1) is 26.7. The molecule has 0 aliphatic rings. The van der Waals surface area contributed by atoms with Gasteiger partial charge in [0.2, 0.25) is 0 Å². The van der Waals surface area contributed by atoms with Crippen LogP contribution in [0.15, 0.2) is 185 Å². The highest BCUT2D eigenvalue weighted by atomic mass is 16.3. The Morgan fingerprint density at radius 3 is 1.63 bits per heavy atom. The Morgan fingerprint density at radius 1 is 0.315 bits per heavy atom. The van der Waals surface area contributed by atoms with Gasteiger partial charge in [0, 0.05) is 43.6 Å². The van der Waals surface area contributed by atoms with E-state index >= 15 is 0 Å². The minimum absolute atomic E-state index is 0.566. The molecule has 0 spiro atoms. The molecule has 0 aliphatic carbocycles. The average Bonchev–Trinajstić information content (AvgIpc) is 3.82. The van der Waals surface area contributed by atoms with Crippen LogP contribution in [0, 0.1) is 0 Å². The molecule has 0 fully saturated rings. The van der Waals surface area contributed by atoms with Crippen molar-refractivity contribution >= 4 is 54.6 Å². The van der Waals surface area contributed by atoms with Gasteiger partial charge in [-0.1, -0.05) is 140 Å². The number of aromatic nitrogens is 3. The molecule has 0 amide bonds. The number of hydrogen-bond acceptors (Lipinski definition) is 5. The lowest BCUT2D eigenvalue weighted by atomic mass is 9.97. The van der Waals surface area contributed by atoms with Crippen LogP contribution in [-0.2, 0) is 0 Å². The summed E-state index contributed by atoms with van der Waals surface area (Å²) in [7, 11) is 0. The molecule has 5 heteroatoms. The molecule has 11 aromatic rings. The normalized spacial score (nSPS) is 11.7. The number of benzene rings is 8. The van der Waals surface area contributed by atoms with E-state index in [-0.39, 0.29) is 0 Å². The third-order valence-corrected chi connectivity index (χ3v) is 10.3. The van der Waals surface area contributed by atoms with Gasteiger partial charge in [0.25, 0.3) is 0 Å². The van der Waals surface area contributed by atoms with Crippen LogP contribution in [-0.4, -0.2) is 15.0 Å². The number of furan rings is 2. The van der Waals surface area contributed by atoms with E-state index in [1.165, 1.54) is 11.1 Å². The Hall–Kier alpha value is -7.37. The van der Waals surface area contributed by atoms with Crippen LogP contribution >= 0.6 is 0 Å². The molecule has 3 heterocycles. The van der Waals surface area contributed by atoms with Crippen LogP contribution in [0.3, 0.4) is 0 Å². The monoisotopic (exact) mass is 691 g/mol. The van der Waals surface area contributed by atoms with Gasteiger partial charge >= 0.3 is 0 Å². The maximum atomic E-state index is 6.81. The molecule has 5 nitrogen and oxygen atoms in total. The van der Waals surface area contributed by atoms with Crippen LogP contribution in [0.4, 0.5) is 0 Å². The molecule has 0 saturated heterocycles. The smallest absolute Gasteiger partial charge is 0.164 e. The number of rotatable bonds is 5. The van der Waals surface area contributed by atoms with Gasteiger partial charge in [0.1, 0.15) is 22.3 Å². The lowest BCUT2D eigenvalue weighted by molar-refractivity contribution is 0.669. The SMILES string of the molecule is c1ccc(-c2ccc(-c3ccc4c(c3)oc3c5ccccc5cc(-c5nc(-c6ccccc6)nc(-c6ccc7c(c6)oc6ccccc67)n5)c43)cc2)cc1. The van der Waals surface area contributed by atoms with Gasteiger partial charge in [-0.2, -0.15) is 0 Å². The van der Waals surface area contributed by atoms with Crippen molar-refractivity contribution in [3.63, 3.8) is 0 Å². The summed E-state index contributed by atoms with van der Waals surface area (Å²) in [6, 6.07) is 60.5. The van der Waals surface area contributed by atoms with Crippen molar-refractivity contribution in [3.05, 3.63) is 176 Å². The fraction of sp³-hybridized carbons (Fsp3) is 0. The van der Waals surface area contributed by atoms with Crippen LogP contribution in [0.1, 0.15) is 0 Å². The van der Waals surface area contributed by atoms with Gasteiger partial charge < -0.3 is 8.83 Å². The first-order valence-electron chi connectivity index (χ1n) is 18.0. The Bertz CT molecular complexity index is 3200. The summed E-state index contributed by atoms with van der Waals surface area (Å²) in [6.07, 6.45) is 0. The molecule has 54 heavy (non-hydrogen) atoms. The van der Waals surface area contributed by atoms with Gasteiger partial charge in [-0.25, -0.2) is 15.0 Å². The summed E-state index contributed by atoms with van der Waals surface area (Å²) in [5.74, 6) is 1.73. The zero-order valence-corrected chi connectivity index (χ0v) is 28.9. The Labute approximate surface area is 309 Å². The number of nitrogens with zero attached hydrogens (tertiary/aromatic N) is 3. The summed E-state index contributed by atoms with van der Waals surface area (Å²) in [5, 5.41) is 6.19. The maximum Gasteiger partial charge on any atom is 0.164 e. The maximum absolute atomic E-state index is 6.81. The molecule has 252 valence electrons. The van der Waals surface area contributed by atoms with Gasteiger partial charge in [-0.3, -0.25) is 0 Å². The molecule has 0 N–H and O–H groups in total. The topological polar surface area (TPSA) is 65.0 Å². The lowest BCUT2D eigenvalue weighted by Gasteiger charge is -2.10. The Balaban J connectivity index is 1.11. The molecule has 11 rings (SSSR count). The van der Waals surface area contributed by atoms with Gasteiger partial charge in [0.05, 0.1) is 0 Å². The zero-order chi connectivity index (χ0) is 35.6. The summed E-state index contributed by atoms with van der Waals surface area (Å²) < 4.78 is 13.1. The molecule has 0 aliphatic heterocycles. The molecular weight excluding hydrogens is 663 g/mol. The number of para-hydroxylation sites is 1. The van der Waals surface area contributed by atoms with E-state index in [1.807, 2.05) is 60.7 Å². The highest BCUT2D eigenvalue weighted by molar-refractivity contribution is 6.21. The molecule has 0 bridgehead atoms. The minimum atomic E-state index is 0.566. The third kappa shape index (κ3) is 4.98. The third-order valence-electron chi connectivity index (χ3n) is 10.3. The Morgan fingerprint density at radius 2 is 0.833 bits per heavy atom. The average molecular weight is 692 g/mol. The second kappa shape index (κ2) is 12.1. The van der Waals surface area contributed by atoms with Crippen molar-refractivity contribution in [1.82, 2.24) is 15.0 Å². The van der Waals surface area contributed by atoms with E-state index in [0.29, 0.717) is 17.5 Å².